The molecule has 2 aromatic rings. The predicted octanol–water partition coefficient (Wildman–Crippen LogP) is 4.15. The fraction of sp³-hybridized carbons (Fsp3) is 0.278. The molecule has 0 aliphatic rings. The maximum atomic E-state index is 12.2. The van der Waals surface area contributed by atoms with Crippen LogP contribution in [0.3, 0.4) is 0 Å². The summed E-state index contributed by atoms with van der Waals surface area (Å²) in [4.78, 5) is 22.8. The monoisotopic (exact) mass is 361 g/mol. The van der Waals surface area contributed by atoms with Gasteiger partial charge < -0.3 is 10.6 Å². The maximum Gasteiger partial charge on any atom is 0.293 e. The summed E-state index contributed by atoms with van der Waals surface area (Å²) in [5.74, 6) is -0.341. The van der Waals surface area contributed by atoms with Crippen LogP contribution >= 0.6 is 11.6 Å². The first-order valence-electron chi connectivity index (χ1n) is 7.82. The molecule has 0 aliphatic carbocycles. The van der Waals surface area contributed by atoms with Crippen LogP contribution in [0.15, 0.2) is 36.4 Å². The third kappa shape index (κ3) is 5.01. The Balaban J connectivity index is 2.02. The van der Waals surface area contributed by atoms with Crippen LogP contribution in [0.1, 0.15) is 29.7 Å². The van der Waals surface area contributed by atoms with E-state index in [4.69, 9.17) is 11.6 Å². The lowest BCUT2D eigenvalue weighted by atomic mass is 10.1. The molecule has 0 fully saturated rings. The number of amides is 1. The lowest BCUT2D eigenvalue weighted by molar-refractivity contribution is -0.384. The fourth-order valence-corrected chi connectivity index (χ4v) is 2.49. The zero-order valence-corrected chi connectivity index (χ0v) is 15.1. The van der Waals surface area contributed by atoms with E-state index in [9.17, 15) is 14.9 Å². The van der Waals surface area contributed by atoms with Crippen molar-refractivity contribution in [2.45, 2.75) is 26.8 Å². The fourth-order valence-electron chi connectivity index (χ4n) is 2.36. The van der Waals surface area contributed by atoms with Crippen LogP contribution in [-0.4, -0.2) is 17.4 Å². The molecule has 0 saturated carbocycles. The smallest absolute Gasteiger partial charge is 0.293 e. The van der Waals surface area contributed by atoms with E-state index >= 15 is 0 Å². The van der Waals surface area contributed by atoms with Crippen molar-refractivity contribution in [3.8, 4) is 0 Å². The van der Waals surface area contributed by atoms with Crippen molar-refractivity contribution in [3.05, 3.63) is 68.2 Å². The molecular weight excluding hydrogens is 342 g/mol. The van der Waals surface area contributed by atoms with E-state index < -0.39 is 4.92 Å². The summed E-state index contributed by atoms with van der Waals surface area (Å²) in [5.41, 5.74) is 2.78. The number of nitro benzene ring substituents is 1. The summed E-state index contributed by atoms with van der Waals surface area (Å²) in [7, 11) is 0. The summed E-state index contributed by atoms with van der Waals surface area (Å²) >= 11 is 5.86. The molecule has 0 bridgehead atoms. The van der Waals surface area contributed by atoms with Crippen LogP contribution in [0.25, 0.3) is 0 Å². The number of benzene rings is 2. The van der Waals surface area contributed by atoms with Crippen LogP contribution in [0.4, 0.5) is 11.4 Å². The minimum Gasteiger partial charge on any atom is -0.319 e. The average Bonchev–Trinajstić information content (AvgIpc) is 2.56. The van der Waals surface area contributed by atoms with Gasteiger partial charge >= 0.3 is 0 Å². The minimum atomic E-state index is -0.494. The van der Waals surface area contributed by atoms with Crippen LogP contribution in [0.2, 0.25) is 5.02 Å². The second-order valence-electron chi connectivity index (χ2n) is 5.91. The minimum absolute atomic E-state index is 0.0356. The number of hydrogen-bond acceptors (Lipinski definition) is 4. The largest absolute Gasteiger partial charge is 0.319 e. The van der Waals surface area contributed by atoms with Gasteiger partial charge in [0, 0.05) is 17.1 Å². The Morgan fingerprint density at radius 1 is 1.20 bits per heavy atom. The molecule has 7 heteroatoms. The Labute approximate surface area is 151 Å². The molecule has 0 heterocycles. The highest BCUT2D eigenvalue weighted by Crippen LogP contribution is 2.27. The molecule has 1 amide bonds. The molecule has 0 aromatic heterocycles. The third-order valence-corrected chi connectivity index (χ3v) is 4.27. The van der Waals surface area contributed by atoms with Gasteiger partial charge in [-0.05, 0) is 55.7 Å². The summed E-state index contributed by atoms with van der Waals surface area (Å²) < 4.78 is 0. The van der Waals surface area contributed by atoms with E-state index in [-0.39, 0.29) is 29.9 Å². The van der Waals surface area contributed by atoms with E-state index in [2.05, 4.69) is 10.6 Å². The number of halogens is 1. The molecule has 0 radical (unpaired) electrons. The van der Waals surface area contributed by atoms with E-state index in [1.807, 2.05) is 26.0 Å². The van der Waals surface area contributed by atoms with Crippen molar-refractivity contribution in [2.24, 2.45) is 0 Å². The first kappa shape index (κ1) is 18.9. The number of anilines is 1. The van der Waals surface area contributed by atoms with Gasteiger partial charge in [0.1, 0.15) is 5.69 Å². The Morgan fingerprint density at radius 3 is 2.40 bits per heavy atom. The van der Waals surface area contributed by atoms with Crippen molar-refractivity contribution in [1.82, 2.24) is 5.32 Å². The van der Waals surface area contributed by atoms with Crippen molar-refractivity contribution in [3.63, 3.8) is 0 Å². The van der Waals surface area contributed by atoms with Crippen LogP contribution in [0, 0.1) is 24.0 Å². The quantitative estimate of drug-likeness (QED) is 0.597. The number of nitrogens with one attached hydrogen (secondary N) is 2. The van der Waals surface area contributed by atoms with Gasteiger partial charge in [-0.2, -0.15) is 0 Å². The van der Waals surface area contributed by atoms with E-state index in [0.717, 1.165) is 16.7 Å². The molecule has 0 unspecified atom stereocenters. The maximum absolute atomic E-state index is 12.2. The summed E-state index contributed by atoms with van der Waals surface area (Å²) in [6.07, 6.45) is 0. The zero-order valence-electron chi connectivity index (χ0n) is 14.3. The highest BCUT2D eigenvalue weighted by atomic mass is 35.5. The van der Waals surface area contributed by atoms with Gasteiger partial charge in [0.25, 0.3) is 5.69 Å². The van der Waals surface area contributed by atoms with Gasteiger partial charge in [0.15, 0.2) is 0 Å². The van der Waals surface area contributed by atoms with Crippen LogP contribution in [-0.2, 0) is 4.79 Å². The number of carbonyl (C=O) groups is 1. The molecule has 1 atom stereocenters. The van der Waals surface area contributed by atoms with E-state index in [1.165, 1.54) is 6.07 Å². The van der Waals surface area contributed by atoms with Crippen LogP contribution < -0.4 is 10.6 Å². The Bertz CT molecular complexity index is 791. The van der Waals surface area contributed by atoms with Gasteiger partial charge in [-0.15, -0.1) is 0 Å². The zero-order chi connectivity index (χ0) is 18.6. The second kappa shape index (κ2) is 8.09. The molecule has 0 aliphatic heterocycles. The SMILES string of the molecule is Cc1cc(NC(=O)CN[C@@H](C)c2ccc(Cl)cc2)c([N+](=O)[O-])cc1C. The number of carbonyl (C=O) groups excluding carboxylic acids is 1. The molecular formula is C18H20ClN3O3. The standard InChI is InChI=1S/C18H20ClN3O3/c1-11-8-16(17(22(24)25)9-12(11)2)21-18(23)10-20-13(3)14-4-6-15(19)7-5-14/h4-9,13,20H,10H2,1-3H3,(H,21,23)/t13-/m0/s1. The molecule has 25 heavy (non-hydrogen) atoms. The molecule has 2 rings (SSSR count). The van der Waals surface area contributed by atoms with Gasteiger partial charge in [-0.3, -0.25) is 14.9 Å². The molecule has 0 spiro atoms. The number of aryl methyl sites for hydroxylation is 2. The molecule has 0 saturated heterocycles. The average molecular weight is 362 g/mol. The Kier molecular flexibility index (Phi) is 6.12. The van der Waals surface area contributed by atoms with Gasteiger partial charge in [0.05, 0.1) is 11.5 Å². The normalized spacial score (nSPS) is 11.8. The summed E-state index contributed by atoms with van der Waals surface area (Å²) in [6, 6.07) is 10.4. The summed E-state index contributed by atoms with van der Waals surface area (Å²) in [6.45, 7) is 5.60. The van der Waals surface area contributed by atoms with Crippen molar-refractivity contribution < 1.29 is 9.72 Å². The molecule has 2 N–H and O–H groups in total. The van der Waals surface area contributed by atoms with Gasteiger partial charge in [0.2, 0.25) is 5.91 Å². The van der Waals surface area contributed by atoms with E-state index in [0.29, 0.717) is 5.02 Å². The highest BCUT2D eigenvalue weighted by molar-refractivity contribution is 6.30. The third-order valence-electron chi connectivity index (χ3n) is 4.02. The Hall–Kier alpha value is -2.44. The lowest BCUT2D eigenvalue weighted by Crippen LogP contribution is -2.30. The topological polar surface area (TPSA) is 84.3 Å². The van der Waals surface area contributed by atoms with E-state index in [1.54, 1.807) is 25.1 Å². The molecule has 6 nitrogen and oxygen atoms in total. The van der Waals surface area contributed by atoms with Crippen molar-refractivity contribution in [1.29, 1.82) is 0 Å². The lowest BCUT2D eigenvalue weighted by Gasteiger charge is -2.14. The number of nitro groups is 1. The van der Waals surface area contributed by atoms with Gasteiger partial charge in [-0.1, -0.05) is 23.7 Å². The van der Waals surface area contributed by atoms with Crippen LogP contribution in [0.5, 0.6) is 0 Å². The summed E-state index contributed by atoms with van der Waals surface area (Å²) in [5, 5.41) is 17.5. The second-order valence-corrected chi connectivity index (χ2v) is 6.35. The predicted molar refractivity (Wildman–Crippen MR) is 99.1 cm³/mol. The highest BCUT2D eigenvalue weighted by Gasteiger charge is 2.18. The first-order chi connectivity index (χ1) is 11.8. The molecule has 132 valence electrons. The number of hydrogen-bond donors (Lipinski definition) is 2. The van der Waals surface area contributed by atoms with Crippen molar-refractivity contribution in [2.75, 3.05) is 11.9 Å². The van der Waals surface area contributed by atoms with Crippen molar-refractivity contribution >= 4 is 28.9 Å². The molecule has 2 aromatic carbocycles. The van der Waals surface area contributed by atoms with Gasteiger partial charge in [-0.25, -0.2) is 0 Å². The Morgan fingerprint density at radius 2 is 1.80 bits per heavy atom. The number of rotatable bonds is 6. The first-order valence-corrected chi connectivity index (χ1v) is 8.20. The number of nitrogens with zero attached hydrogens (tertiary/aromatic N) is 1.